The minimum Gasteiger partial charge on any atom is -0.338 e. The molecule has 3 aromatic heterocycles. The van der Waals surface area contributed by atoms with Crippen molar-refractivity contribution in [3.63, 3.8) is 0 Å². The van der Waals surface area contributed by atoms with Crippen molar-refractivity contribution in [3.8, 4) is 17.5 Å². The molecule has 0 aliphatic carbocycles. The number of nitriles is 1. The Hall–Kier alpha value is -3.21. The molecule has 0 spiro atoms. The molecule has 28 heavy (non-hydrogen) atoms. The molecule has 0 saturated heterocycles. The maximum Gasteiger partial charge on any atom is 0.159 e. The second-order valence-electron chi connectivity index (χ2n) is 6.13. The molecule has 0 unspecified atom stereocenters. The van der Waals surface area contributed by atoms with Gasteiger partial charge in [-0.3, -0.25) is 0 Å². The number of benzene rings is 1. The van der Waals surface area contributed by atoms with Crippen LogP contribution in [0.1, 0.15) is 17.1 Å². The van der Waals surface area contributed by atoms with Crippen LogP contribution in [0.3, 0.4) is 0 Å². The molecule has 1 aromatic carbocycles. The third-order valence-electron chi connectivity index (χ3n) is 4.02. The monoisotopic (exact) mass is 409 g/mol. The molecule has 0 bridgehead atoms. The zero-order chi connectivity index (χ0) is 19.8. The van der Waals surface area contributed by atoms with E-state index in [0.717, 1.165) is 11.2 Å². The zero-order valence-corrected chi connectivity index (χ0v) is 16.4. The first-order valence-electron chi connectivity index (χ1n) is 8.28. The average Bonchev–Trinajstić information content (AvgIpc) is 3.05. The molecule has 0 aliphatic rings. The van der Waals surface area contributed by atoms with Crippen LogP contribution >= 0.6 is 23.2 Å². The molecule has 0 radical (unpaired) electrons. The van der Waals surface area contributed by atoms with Crippen LogP contribution in [0, 0.1) is 25.2 Å². The fourth-order valence-electron chi connectivity index (χ4n) is 2.91. The van der Waals surface area contributed by atoms with Gasteiger partial charge in [0.2, 0.25) is 0 Å². The highest BCUT2D eigenvalue weighted by Gasteiger charge is 2.17. The molecule has 0 atom stereocenters. The summed E-state index contributed by atoms with van der Waals surface area (Å²) in [6, 6.07) is 8.77. The van der Waals surface area contributed by atoms with E-state index in [2.05, 4.69) is 30.2 Å². The molecule has 3 heterocycles. The molecule has 0 aliphatic heterocycles. The molecular weight excluding hydrogens is 397 g/mol. The number of imidazole rings is 1. The summed E-state index contributed by atoms with van der Waals surface area (Å²) in [5.74, 6) is 2.32. The molecule has 0 fully saturated rings. The van der Waals surface area contributed by atoms with E-state index in [1.807, 2.05) is 26.0 Å². The Morgan fingerprint density at radius 3 is 2.50 bits per heavy atom. The number of aromatic amines is 1. The highest BCUT2D eigenvalue weighted by Crippen LogP contribution is 2.36. The summed E-state index contributed by atoms with van der Waals surface area (Å²) in [4.78, 5) is 20.9. The second-order valence-corrected chi connectivity index (χ2v) is 6.95. The number of hydrogen-bond donors (Lipinski definition) is 2. The van der Waals surface area contributed by atoms with Gasteiger partial charge in [-0.25, -0.2) is 19.9 Å². The summed E-state index contributed by atoms with van der Waals surface area (Å²) in [6.07, 6.45) is 1.66. The number of aromatic nitrogens is 5. The van der Waals surface area contributed by atoms with Crippen molar-refractivity contribution >= 4 is 45.9 Å². The number of pyridine rings is 1. The topological polar surface area (TPSA) is 103 Å². The highest BCUT2D eigenvalue weighted by molar-refractivity contribution is 6.39. The van der Waals surface area contributed by atoms with Gasteiger partial charge in [0, 0.05) is 18.0 Å². The van der Waals surface area contributed by atoms with Gasteiger partial charge >= 0.3 is 0 Å². The van der Waals surface area contributed by atoms with Crippen LogP contribution in [0.5, 0.6) is 0 Å². The van der Waals surface area contributed by atoms with Gasteiger partial charge in [0.1, 0.15) is 23.0 Å². The second kappa shape index (κ2) is 7.08. The molecule has 4 aromatic rings. The van der Waals surface area contributed by atoms with Gasteiger partial charge in [-0.15, -0.1) is 0 Å². The smallest absolute Gasteiger partial charge is 0.159 e. The summed E-state index contributed by atoms with van der Waals surface area (Å²) in [5, 5.41) is 12.9. The molecule has 9 heteroatoms. The van der Waals surface area contributed by atoms with Crippen LogP contribution in [0.25, 0.3) is 22.4 Å². The van der Waals surface area contributed by atoms with Crippen LogP contribution in [-0.4, -0.2) is 24.9 Å². The van der Waals surface area contributed by atoms with E-state index in [1.54, 1.807) is 24.4 Å². The first-order chi connectivity index (χ1) is 13.4. The Bertz CT molecular complexity index is 1210. The molecular formula is C19H13Cl2N7. The van der Waals surface area contributed by atoms with Gasteiger partial charge in [0.25, 0.3) is 0 Å². The van der Waals surface area contributed by atoms with Gasteiger partial charge in [-0.1, -0.05) is 23.2 Å². The van der Waals surface area contributed by atoms with Gasteiger partial charge in [0.15, 0.2) is 5.82 Å². The minimum atomic E-state index is 0.340. The van der Waals surface area contributed by atoms with Crippen molar-refractivity contribution in [1.82, 2.24) is 24.9 Å². The fraction of sp³-hybridized carbons (Fsp3) is 0.105. The van der Waals surface area contributed by atoms with Crippen molar-refractivity contribution in [2.45, 2.75) is 13.8 Å². The van der Waals surface area contributed by atoms with Gasteiger partial charge in [-0.2, -0.15) is 5.26 Å². The van der Waals surface area contributed by atoms with Gasteiger partial charge in [0.05, 0.1) is 32.8 Å². The molecule has 0 saturated carbocycles. The lowest BCUT2D eigenvalue weighted by molar-refractivity contribution is 1.01. The summed E-state index contributed by atoms with van der Waals surface area (Å²) in [7, 11) is 0. The van der Waals surface area contributed by atoms with Crippen molar-refractivity contribution in [2.24, 2.45) is 0 Å². The third-order valence-corrected chi connectivity index (χ3v) is 4.62. The number of aryl methyl sites for hydroxylation is 2. The van der Waals surface area contributed by atoms with E-state index in [-0.39, 0.29) is 0 Å². The average molecular weight is 410 g/mol. The van der Waals surface area contributed by atoms with Crippen LogP contribution in [0.4, 0.5) is 11.6 Å². The quantitative estimate of drug-likeness (QED) is 0.495. The molecule has 0 amide bonds. The predicted molar refractivity (Wildman–Crippen MR) is 109 cm³/mol. The van der Waals surface area contributed by atoms with E-state index in [0.29, 0.717) is 50.0 Å². The van der Waals surface area contributed by atoms with Gasteiger partial charge in [-0.05, 0) is 32.0 Å². The van der Waals surface area contributed by atoms with Crippen LogP contribution in [-0.2, 0) is 0 Å². The molecule has 2 N–H and O–H groups in total. The lowest BCUT2D eigenvalue weighted by Crippen LogP contribution is -2.00. The number of nitrogens with one attached hydrogen (secondary N) is 2. The largest absolute Gasteiger partial charge is 0.338 e. The van der Waals surface area contributed by atoms with Crippen LogP contribution in [0.15, 0.2) is 30.5 Å². The number of anilines is 2. The van der Waals surface area contributed by atoms with E-state index in [1.165, 1.54) is 0 Å². The summed E-state index contributed by atoms with van der Waals surface area (Å²) in [6.45, 7) is 3.73. The number of halogens is 2. The van der Waals surface area contributed by atoms with Crippen molar-refractivity contribution < 1.29 is 0 Å². The Morgan fingerprint density at radius 1 is 1.07 bits per heavy atom. The maximum absolute atomic E-state index is 9.06. The first kappa shape index (κ1) is 18.2. The number of fused-ring (bicyclic) bond motifs is 1. The molecule has 7 nitrogen and oxygen atoms in total. The number of rotatable bonds is 3. The highest BCUT2D eigenvalue weighted by atomic mass is 35.5. The van der Waals surface area contributed by atoms with Crippen molar-refractivity contribution in [2.75, 3.05) is 5.32 Å². The standard InChI is InChI=1S/C19H13Cl2N7/c1-9-5-15(25-10(2)24-9)27-19-17-14(3-4-23-19)26-18(28-17)16-12(20)6-11(8-22)7-13(16)21/h3-7H,1-2H3,(H,26,28)(H,23,24,25,27). The zero-order valence-electron chi connectivity index (χ0n) is 14.9. The minimum absolute atomic E-state index is 0.340. The number of H-pyrrole nitrogens is 1. The Morgan fingerprint density at radius 2 is 1.82 bits per heavy atom. The first-order valence-corrected chi connectivity index (χ1v) is 9.04. The lowest BCUT2D eigenvalue weighted by Gasteiger charge is -2.06. The van der Waals surface area contributed by atoms with E-state index in [9.17, 15) is 0 Å². The van der Waals surface area contributed by atoms with Crippen molar-refractivity contribution in [3.05, 3.63) is 57.6 Å². The van der Waals surface area contributed by atoms with Crippen LogP contribution < -0.4 is 5.32 Å². The predicted octanol–water partition coefficient (Wildman–Crippen LogP) is 4.95. The number of nitrogens with zero attached hydrogens (tertiary/aromatic N) is 5. The van der Waals surface area contributed by atoms with Gasteiger partial charge < -0.3 is 10.3 Å². The maximum atomic E-state index is 9.06. The van der Waals surface area contributed by atoms with E-state index < -0.39 is 0 Å². The Balaban J connectivity index is 1.81. The molecule has 4 rings (SSSR count). The summed E-state index contributed by atoms with van der Waals surface area (Å²) < 4.78 is 0. The lowest BCUT2D eigenvalue weighted by atomic mass is 10.1. The van der Waals surface area contributed by atoms with Crippen LogP contribution in [0.2, 0.25) is 10.0 Å². The van der Waals surface area contributed by atoms with E-state index >= 15 is 0 Å². The fourth-order valence-corrected chi connectivity index (χ4v) is 3.58. The Kier molecular flexibility index (Phi) is 4.59. The van der Waals surface area contributed by atoms with E-state index in [4.69, 9.17) is 28.5 Å². The molecule has 138 valence electrons. The normalized spacial score (nSPS) is 10.8. The summed E-state index contributed by atoms with van der Waals surface area (Å²) >= 11 is 12.7. The van der Waals surface area contributed by atoms with Crippen molar-refractivity contribution in [1.29, 1.82) is 5.26 Å². The number of hydrogen-bond acceptors (Lipinski definition) is 6. The third kappa shape index (κ3) is 3.36. The Labute approximate surface area is 170 Å². The summed E-state index contributed by atoms with van der Waals surface area (Å²) in [5.41, 5.74) is 3.13. The SMILES string of the molecule is Cc1cc(Nc2nccc3[nH]c(-c4c(Cl)cc(C#N)cc4Cl)nc23)nc(C)n1.